The number of rotatable bonds is 12. The Labute approximate surface area is 302 Å². The summed E-state index contributed by atoms with van der Waals surface area (Å²) in [6.45, 7) is 5.69. The monoisotopic (exact) mass is 720 g/mol. The van der Waals surface area contributed by atoms with Gasteiger partial charge in [-0.15, -0.1) is 11.3 Å². The summed E-state index contributed by atoms with van der Waals surface area (Å²) in [6, 6.07) is 31.9. The fraction of sp³-hybridized carbons (Fsp3) is 0.225. The molecule has 51 heavy (non-hydrogen) atoms. The van der Waals surface area contributed by atoms with Gasteiger partial charge in [0.15, 0.2) is 0 Å². The van der Waals surface area contributed by atoms with Crippen LogP contribution in [0.5, 0.6) is 0 Å². The van der Waals surface area contributed by atoms with Gasteiger partial charge in [0.25, 0.3) is 10.0 Å². The summed E-state index contributed by atoms with van der Waals surface area (Å²) in [4.78, 5) is 23.5. The first-order valence-corrected chi connectivity index (χ1v) is 19.0. The second-order valence-electron chi connectivity index (χ2n) is 13.3. The molecule has 4 aromatic carbocycles. The van der Waals surface area contributed by atoms with Gasteiger partial charge in [-0.1, -0.05) is 72.8 Å². The van der Waals surface area contributed by atoms with E-state index >= 15 is 0 Å². The Hall–Kier alpha value is -5.10. The van der Waals surface area contributed by atoms with Gasteiger partial charge in [0, 0.05) is 47.6 Å². The standard InChI is InChI=1S/C40H40N4O5S2/c1-40(2,3)49-39(46)44(26-37(45)33-9-6-21-41-25-33)22-20-28-11-16-34(17-12-28)43-51(47,48)36-18-14-31(15-19-36)38-42-35(27-50-38)24-29-10-13-30-7-4-5-8-32(30)23-29/h4-19,21,23,25,27,37,43,45H,20,22,24,26H2,1-3H3/t37-/m0/s1. The van der Waals surface area contributed by atoms with Crippen molar-refractivity contribution >= 4 is 43.9 Å². The molecule has 11 heteroatoms. The zero-order valence-corrected chi connectivity index (χ0v) is 30.3. The van der Waals surface area contributed by atoms with Crippen LogP contribution in [0.25, 0.3) is 21.3 Å². The molecule has 0 saturated carbocycles. The van der Waals surface area contributed by atoms with Gasteiger partial charge < -0.3 is 14.7 Å². The summed E-state index contributed by atoms with van der Waals surface area (Å²) >= 11 is 1.53. The highest BCUT2D eigenvalue weighted by Crippen LogP contribution is 2.28. The number of sulfonamides is 1. The Morgan fingerprint density at radius 3 is 2.35 bits per heavy atom. The maximum absolute atomic E-state index is 13.2. The fourth-order valence-corrected chi connectivity index (χ4v) is 7.43. The summed E-state index contributed by atoms with van der Waals surface area (Å²) in [7, 11) is -3.84. The number of hydrogen-bond donors (Lipinski definition) is 2. The summed E-state index contributed by atoms with van der Waals surface area (Å²) in [6.07, 6.45) is 2.90. The third kappa shape index (κ3) is 9.57. The van der Waals surface area contributed by atoms with Gasteiger partial charge in [0.2, 0.25) is 0 Å². The molecule has 9 nitrogen and oxygen atoms in total. The number of ether oxygens (including phenoxy) is 1. The number of aromatic nitrogens is 2. The summed E-state index contributed by atoms with van der Waals surface area (Å²) < 4.78 is 34.7. The van der Waals surface area contributed by atoms with E-state index in [0.717, 1.165) is 21.8 Å². The lowest BCUT2D eigenvalue weighted by molar-refractivity contribution is 0.0146. The van der Waals surface area contributed by atoms with E-state index in [2.05, 4.69) is 40.0 Å². The molecule has 0 radical (unpaired) electrons. The molecule has 0 fully saturated rings. The van der Waals surface area contributed by atoms with Crippen molar-refractivity contribution in [2.75, 3.05) is 17.8 Å². The molecule has 0 bridgehead atoms. The molecule has 0 aliphatic heterocycles. The average molecular weight is 721 g/mol. The highest BCUT2D eigenvalue weighted by Gasteiger charge is 2.25. The number of carbonyl (C=O) groups is 1. The van der Waals surface area contributed by atoms with Gasteiger partial charge in [0.05, 0.1) is 23.2 Å². The molecule has 6 rings (SSSR count). The Balaban J connectivity index is 1.06. The van der Waals surface area contributed by atoms with E-state index in [9.17, 15) is 18.3 Å². The molecule has 0 aliphatic carbocycles. The predicted molar refractivity (Wildman–Crippen MR) is 202 cm³/mol. The Kier molecular flexibility index (Phi) is 10.8. The first kappa shape index (κ1) is 35.7. The van der Waals surface area contributed by atoms with Gasteiger partial charge in [-0.2, -0.15) is 0 Å². The number of aliphatic hydroxyl groups is 1. The van der Waals surface area contributed by atoms with Gasteiger partial charge in [-0.05, 0) is 79.4 Å². The van der Waals surface area contributed by atoms with Crippen LogP contribution in [0.1, 0.15) is 49.3 Å². The second-order valence-corrected chi connectivity index (χ2v) is 15.8. The van der Waals surface area contributed by atoms with Crippen LogP contribution >= 0.6 is 11.3 Å². The van der Waals surface area contributed by atoms with Crippen LogP contribution in [0.2, 0.25) is 0 Å². The lowest BCUT2D eigenvalue weighted by Gasteiger charge is -2.29. The third-order valence-electron chi connectivity index (χ3n) is 8.15. The zero-order chi connectivity index (χ0) is 36.0. The van der Waals surface area contributed by atoms with E-state index < -0.39 is 27.8 Å². The van der Waals surface area contributed by atoms with Crippen LogP contribution in [-0.2, 0) is 27.6 Å². The number of pyridine rings is 1. The quantitative estimate of drug-likeness (QED) is 0.131. The van der Waals surface area contributed by atoms with Gasteiger partial charge in [-0.3, -0.25) is 9.71 Å². The number of anilines is 1. The Morgan fingerprint density at radius 2 is 1.65 bits per heavy atom. The molecule has 0 aliphatic rings. The van der Waals surface area contributed by atoms with Crippen LogP contribution in [0.4, 0.5) is 10.5 Å². The topological polar surface area (TPSA) is 122 Å². The molecule has 2 N–H and O–H groups in total. The molecule has 0 spiro atoms. The van der Waals surface area contributed by atoms with E-state index in [1.165, 1.54) is 32.6 Å². The Morgan fingerprint density at radius 1 is 0.922 bits per heavy atom. The van der Waals surface area contributed by atoms with Gasteiger partial charge in [0.1, 0.15) is 10.6 Å². The lowest BCUT2D eigenvalue weighted by atomic mass is 10.0. The molecular weight excluding hydrogens is 681 g/mol. The van der Waals surface area contributed by atoms with Crippen molar-refractivity contribution in [2.45, 2.75) is 50.2 Å². The van der Waals surface area contributed by atoms with Crippen molar-refractivity contribution in [3.8, 4) is 10.6 Å². The minimum Gasteiger partial charge on any atom is -0.444 e. The number of nitrogens with zero attached hydrogens (tertiary/aromatic N) is 3. The van der Waals surface area contributed by atoms with Crippen LogP contribution in [0.15, 0.2) is 126 Å². The van der Waals surface area contributed by atoms with Crippen LogP contribution in [0, 0.1) is 0 Å². The maximum Gasteiger partial charge on any atom is 0.410 e. The van der Waals surface area contributed by atoms with Crippen molar-refractivity contribution in [3.05, 3.63) is 143 Å². The average Bonchev–Trinajstić information content (AvgIpc) is 3.58. The molecule has 2 aromatic heterocycles. The number of nitrogens with one attached hydrogen (secondary N) is 1. The summed E-state index contributed by atoms with van der Waals surface area (Å²) in [5, 5.41) is 16.0. The van der Waals surface area contributed by atoms with Crippen molar-refractivity contribution in [1.82, 2.24) is 14.9 Å². The predicted octanol–water partition coefficient (Wildman–Crippen LogP) is 8.26. The van der Waals surface area contributed by atoms with E-state index in [4.69, 9.17) is 9.72 Å². The van der Waals surface area contributed by atoms with Crippen LogP contribution in [-0.4, -0.2) is 53.2 Å². The molecule has 1 amide bonds. The third-order valence-corrected chi connectivity index (χ3v) is 10.5. The van der Waals surface area contributed by atoms with Gasteiger partial charge >= 0.3 is 6.09 Å². The van der Waals surface area contributed by atoms with Crippen LogP contribution < -0.4 is 4.72 Å². The molecule has 2 heterocycles. The minimum atomic E-state index is -3.84. The number of benzene rings is 4. The minimum absolute atomic E-state index is 0.0340. The van der Waals surface area contributed by atoms with E-state index in [0.29, 0.717) is 24.1 Å². The number of fused-ring (bicyclic) bond motifs is 1. The number of carbonyl (C=O) groups excluding carboxylic acids is 1. The number of amides is 1. The largest absolute Gasteiger partial charge is 0.444 e. The molecule has 6 aromatic rings. The van der Waals surface area contributed by atoms with Crippen molar-refractivity contribution in [1.29, 1.82) is 0 Å². The van der Waals surface area contributed by atoms with Crippen molar-refractivity contribution in [2.24, 2.45) is 0 Å². The lowest BCUT2D eigenvalue weighted by Crippen LogP contribution is -2.40. The number of thiazole rings is 1. The van der Waals surface area contributed by atoms with Crippen molar-refractivity contribution < 1.29 is 23.1 Å². The van der Waals surface area contributed by atoms with Gasteiger partial charge in [-0.25, -0.2) is 18.2 Å². The van der Waals surface area contributed by atoms with E-state index in [1.54, 1.807) is 81.7 Å². The normalized spacial score (nSPS) is 12.4. The molecule has 0 unspecified atom stereocenters. The van der Waals surface area contributed by atoms with E-state index in [-0.39, 0.29) is 18.0 Å². The number of aliphatic hydroxyl groups excluding tert-OH is 1. The summed E-state index contributed by atoms with van der Waals surface area (Å²) in [5.74, 6) is 0. The second kappa shape index (κ2) is 15.4. The molecule has 1 atom stereocenters. The fourth-order valence-electron chi connectivity index (χ4n) is 5.54. The first-order chi connectivity index (χ1) is 24.4. The van der Waals surface area contributed by atoms with E-state index in [1.807, 2.05) is 29.6 Å². The zero-order valence-electron chi connectivity index (χ0n) is 28.7. The maximum atomic E-state index is 13.2. The van der Waals surface area contributed by atoms with Crippen molar-refractivity contribution in [3.63, 3.8) is 0 Å². The highest BCUT2D eigenvalue weighted by molar-refractivity contribution is 7.92. The molecular formula is C40H40N4O5S2. The van der Waals surface area contributed by atoms with Crippen LogP contribution in [0.3, 0.4) is 0 Å². The molecule has 262 valence electrons. The first-order valence-electron chi connectivity index (χ1n) is 16.6. The SMILES string of the molecule is CC(C)(C)OC(=O)N(CCc1ccc(NS(=O)(=O)c2ccc(-c3nc(Cc4ccc5ccccc5c4)cs3)cc2)cc1)C[C@H](O)c1cccnc1. The Bertz CT molecular complexity index is 2200. The summed E-state index contributed by atoms with van der Waals surface area (Å²) in [5.41, 5.74) is 4.20. The number of hydrogen-bond acceptors (Lipinski definition) is 8. The molecule has 0 saturated heterocycles. The smallest absolute Gasteiger partial charge is 0.410 e. The highest BCUT2D eigenvalue weighted by atomic mass is 32.2.